The molecule has 3 N–H and O–H groups in total. The van der Waals surface area contributed by atoms with E-state index in [1.54, 1.807) is 50.4 Å². The molecule has 9 heteroatoms. The van der Waals surface area contributed by atoms with Gasteiger partial charge in [-0.2, -0.15) is 0 Å². The van der Waals surface area contributed by atoms with Crippen molar-refractivity contribution in [2.45, 2.75) is 13.3 Å². The van der Waals surface area contributed by atoms with Gasteiger partial charge in [0.25, 0.3) is 5.91 Å². The highest BCUT2D eigenvalue weighted by molar-refractivity contribution is 9.10. The van der Waals surface area contributed by atoms with Crippen LogP contribution < -0.4 is 20.7 Å². The van der Waals surface area contributed by atoms with Gasteiger partial charge in [0.1, 0.15) is 5.75 Å². The Balaban J connectivity index is 2.06. The number of methoxy groups -OCH3 is 1. The summed E-state index contributed by atoms with van der Waals surface area (Å²) in [5, 5.41) is 8.65. The molecule has 6 nitrogen and oxygen atoms in total. The summed E-state index contributed by atoms with van der Waals surface area (Å²) in [5.41, 5.74) is 1.44. The maximum atomic E-state index is 12.3. The molecule has 0 atom stereocenters. The standard InChI is InChI=1S/C18H17BrClN3O3S/c1-3-16(24)21-11-5-6-13(20)14(9-11)22-18(27)23-17(25)10-4-7-15(26-2)12(19)8-10/h4-9H,3H2,1-2H3,(H,21,24)(H2,22,23,25,27). The minimum Gasteiger partial charge on any atom is -0.496 e. The molecule has 0 bridgehead atoms. The number of hydrogen-bond acceptors (Lipinski definition) is 4. The third-order valence-electron chi connectivity index (χ3n) is 3.46. The molecule has 0 spiro atoms. The van der Waals surface area contributed by atoms with Crippen LogP contribution in [-0.2, 0) is 4.79 Å². The number of thiocarbonyl (C=S) groups is 1. The molecule has 2 aromatic rings. The Morgan fingerprint density at radius 3 is 2.56 bits per heavy atom. The van der Waals surface area contributed by atoms with E-state index in [4.69, 9.17) is 28.6 Å². The van der Waals surface area contributed by atoms with Crippen LogP contribution >= 0.6 is 39.7 Å². The van der Waals surface area contributed by atoms with E-state index in [0.717, 1.165) is 0 Å². The molecule has 0 fully saturated rings. The second kappa shape index (κ2) is 9.68. The second-order valence-corrected chi connectivity index (χ2v) is 7.02. The molecular formula is C18H17BrClN3O3S. The highest BCUT2D eigenvalue weighted by Crippen LogP contribution is 2.27. The zero-order valence-corrected chi connectivity index (χ0v) is 17.7. The van der Waals surface area contributed by atoms with Crippen LogP contribution in [0.3, 0.4) is 0 Å². The smallest absolute Gasteiger partial charge is 0.257 e. The third kappa shape index (κ3) is 5.92. The number of benzene rings is 2. The van der Waals surface area contributed by atoms with Crippen molar-refractivity contribution in [1.29, 1.82) is 0 Å². The fourth-order valence-corrected chi connectivity index (χ4v) is 2.99. The predicted molar refractivity (Wildman–Crippen MR) is 115 cm³/mol. The van der Waals surface area contributed by atoms with Gasteiger partial charge in [0.15, 0.2) is 5.11 Å². The van der Waals surface area contributed by atoms with E-state index in [2.05, 4.69) is 31.9 Å². The summed E-state index contributed by atoms with van der Waals surface area (Å²) in [5.74, 6) is 0.108. The van der Waals surface area contributed by atoms with Gasteiger partial charge in [-0.15, -0.1) is 0 Å². The van der Waals surface area contributed by atoms with Gasteiger partial charge in [0.2, 0.25) is 5.91 Å². The van der Waals surface area contributed by atoms with Crippen LogP contribution in [-0.4, -0.2) is 24.0 Å². The number of carbonyl (C=O) groups excluding carboxylic acids is 2. The van der Waals surface area contributed by atoms with Crippen molar-refractivity contribution in [2.24, 2.45) is 0 Å². The van der Waals surface area contributed by atoms with Gasteiger partial charge in [0.05, 0.1) is 22.3 Å². The highest BCUT2D eigenvalue weighted by atomic mass is 79.9. The lowest BCUT2D eigenvalue weighted by Gasteiger charge is -2.13. The molecule has 0 aliphatic carbocycles. The topological polar surface area (TPSA) is 79.5 Å². The number of ether oxygens (including phenoxy) is 1. The monoisotopic (exact) mass is 469 g/mol. The van der Waals surface area contributed by atoms with Gasteiger partial charge in [0, 0.05) is 17.7 Å². The maximum absolute atomic E-state index is 12.3. The minimum atomic E-state index is -0.387. The average Bonchev–Trinajstić information content (AvgIpc) is 2.64. The Morgan fingerprint density at radius 2 is 1.93 bits per heavy atom. The van der Waals surface area contributed by atoms with Crippen LogP contribution in [0.5, 0.6) is 5.75 Å². The fraction of sp³-hybridized carbons (Fsp3) is 0.167. The predicted octanol–water partition coefficient (Wildman–Crippen LogP) is 4.59. The van der Waals surface area contributed by atoms with Crippen LogP contribution in [0, 0.1) is 0 Å². The number of hydrogen-bond donors (Lipinski definition) is 3. The fourth-order valence-electron chi connectivity index (χ4n) is 2.08. The summed E-state index contributed by atoms with van der Waals surface area (Å²) in [4.78, 5) is 23.9. The summed E-state index contributed by atoms with van der Waals surface area (Å²) < 4.78 is 5.79. The summed E-state index contributed by atoms with van der Waals surface area (Å²) in [6.45, 7) is 1.76. The van der Waals surface area contributed by atoms with E-state index < -0.39 is 0 Å². The lowest BCUT2D eigenvalue weighted by molar-refractivity contribution is -0.115. The summed E-state index contributed by atoms with van der Waals surface area (Å²) >= 11 is 14.7. The molecule has 2 aromatic carbocycles. The molecule has 142 valence electrons. The van der Waals surface area contributed by atoms with Gasteiger partial charge in [-0.3, -0.25) is 14.9 Å². The van der Waals surface area contributed by atoms with Crippen molar-refractivity contribution in [3.8, 4) is 5.75 Å². The lowest BCUT2D eigenvalue weighted by atomic mass is 10.2. The Morgan fingerprint density at radius 1 is 1.19 bits per heavy atom. The average molecular weight is 471 g/mol. The van der Waals surface area contributed by atoms with Crippen molar-refractivity contribution in [3.05, 3.63) is 51.5 Å². The van der Waals surface area contributed by atoms with E-state index in [-0.39, 0.29) is 16.9 Å². The second-order valence-electron chi connectivity index (χ2n) is 5.35. The van der Waals surface area contributed by atoms with Crippen LogP contribution in [0.4, 0.5) is 11.4 Å². The highest BCUT2D eigenvalue weighted by Gasteiger charge is 2.12. The minimum absolute atomic E-state index is 0.0767. The zero-order chi connectivity index (χ0) is 20.0. The SMILES string of the molecule is CCC(=O)Nc1ccc(Cl)c(NC(=S)NC(=O)c2ccc(OC)c(Br)c2)c1. The molecule has 2 amide bonds. The first-order valence-corrected chi connectivity index (χ1v) is 9.47. The normalized spacial score (nSPS) is 10.1. The number of carbonyl (C=O) groups is 2. The quantitative estimate of drug-likeness (QED) is 0.557. The van der Waals surface area contributed by atoms with Gasteiger partial charge in [-0.1, -0.05) is 18.5 Å². The lowest BCUT2D eigenvalue weighted by Crippen LogP contribution is -2.34. The molecular weight excluding hydrogens is 454 g/mol. The first-order valence-electron chi connectivity index (χ1n) is 7.89. The Hall–Kier alpha value is -2.16. The van der Waals surface area contributed by atoms with Crippen molar-refractivity contribution < 1.29 is 14.3 Å². The molecule has 0 heterocycles. The number of nitrogens with one attached hydrogen (secondary N) is 3. The first-order chi connectivity index (χ1) is 12.8. The number of anilines is 2. The van der Waals surface area contributed by atoms with Crippen molar-refractivity contribution in [2.75, 3.05) is 17.7 Å². The third-order valence-corrected chi connectivity index (χ3v) is 4.61. The van der Waals surface area contributed by atoms with Crippen molar-refractivity contribution in [3.63, 3.8) is 0 Å². The molecule has 0 aromatic heterocycles. The summed E-state index contributed by atoms with van der Waals surface area (Å²) in [6.07, 6.45) is 0.358. The van der Waals surface area contributed by atoms with Crippen molar-refractivity contribution in [1.82, 2.24) is 5.32 Å². The van der Waals surface area contributed by atoms with Gasteiger partial charge >= 0.3 is 0 Å². The zero-order valence-electron chi connectivity index (χ0n) is 14.6. The number of rotatable bonds is 5. The van der Waals surface area contributed by atoms with E-state index in [1.165, 1.54) is 0 Å². The number of halogens is 2. The molecule has 0 saturated heterocycles. The molecule has 0 radical (unpaired) electrons. The van der Waals surface area contributed by atoms with Gasteiger partial charge < -0.3 is 15.4 Å². The summed E-state index contributed by atoms with van der Waals surface area (Å²) in [7, 11) is 1.54. The van der Waals surface area contributed by atoms with Gasteiger partial charge in [-0.05, 0) is 64.5 Å². The van der Waals surface area contributed by atoms with E-state index in [9.17, 15) is 9.59 Å². The Kier molecular flexibility index (Phi) is 7.58. The molecule has 0 aliphatic rings. The molecule has 0 aliphatic heterocycles. The van der Waals surface area contributed by atoms with Crippen LogP contribution in [0.15, 0.2) is 40.9 Å². The summed E-state index contributed by atoms with van der Waals surface area (Å²) in [6, 6.07) is 9.86. The van der Waals surface area contributed by atoms with Crippen LogP contribution in [0.25, 0.3) is 0 Å². The van der Waals surface area contributed by atoms with Crippen LogP contribution in [0.2, 0.25) is 5.02 Å². The van der Waals surface area contributed by atoms with Crippen molar-refractivity contribution >= 4 is 68.1 Å². The molecule has 0 unspecified atom stereocenters. The maximum Gasteiger partial charge on any atom is 0.257 e. The molecule has 2 rings (SSSR count). The van der Waals surface area contributed by atoms with Crippen LogP contribution in [0.1, 0.15) is 23.7 Å². The van der Waals surface area contributed by atoms with Gasteiger partial charge in [-0.25, -0.2) is 0 Å². The van der Waals surface area contributed by atoms with E-state index >= 15 is 0 Å². The largest absolute Gasteiger partial charge is 0.496 e. The first kappa shape index (κ1) is 21.1. The Bertz CT molecular complexity index is 892. The van der Waals surface area contributed by atoms with E-state index in [0.29, 0.717) is 38.6 Å². The Labute approximate surface area is 175 Å². The molecule has 27 heavy (non-hydrogen) atoms. The van der Waals surface area contributed by atoms with E-state index in [1.807, 2.05) is 0 Å². The number of amides is 2. The molecule has 0 saturated carbocycles.